The molecule has 0 aromatic carbocycles. The Bertz CT molecular complexity index is 505. The summed E-state index contributed by atoms with van der Waals surface area (Å²) in [4.78, 5) is 11.1. The van der Waals surface area contributed by atoms with E-state index in [9.17, 15) is 0 Å². The molecule has 0 spiro atoms. The molecule has 24 heavy (non-hydrogen) atoms. The zero-order valence-electron chi connectivity index (χ0n) is 15.4. The molecule has 0 radical (unpaired) electrons. The average molecular weight is 445 g/mol. The molecule has 0 amide bonds. The van der Waals surface area contributed by atoms with Crippen LogP contribution in [0.3, 0.4) is 0 Å². The van der Waals surface area contributed by atoms with E-state index in [2.05, 4.69) is 46.5 Å². The number of rotatable bonds is 5. The van der Waals surface area contributed by atoms with Gasteiger partial charge in [-0.15, -0.1) is 24.0 Å². The summed E-state index contributed by atoms with van der Waals surface area (Å²) in [5.74, 6) is 1.63. The van der Waals surface area contributed by atoms with Gasteiger partial charge in [0.2, 0.25) is 0 Å². The minimum atomic E-state index is 0. The average Bonchev–Trinajstić information content (AvgIpc) is 2.56. The van der Waals surface area contributed by atoms with Gasteiger partial charge in [-0.25, -0.2) is 0 Å². The van der Waals surface area contributed by atoms with Crippen LogP contribution in [-0.2, 0) is 6.54 Å². The van der Waals surface area contributed by atoms with Crippen LogP contribution in [0.15, 0.2) is 29.4 Å². The summed E-state index contributed by atoms with van der Waals surface area (Å²) in [6, 6.07) is 5.96. The van der Waals surface area contributed by atoms with E-state index in [0.717, 1.165) is 24.1 Å². The van der Waals surface area contributed by atoms with Crippen molar-refractivity contribution in [3.63, 3.8) is 0 Å². The van der Waals surface area contributed by atoms with E-state index in [1.807, 2.05) is 31.4 Å². The Morgan fingerprint density at radius 1 is 1.38 bits per heavy atom. The third kappa shape index (κ3) is 5.88. The van der Waals surface area contributed by atoms with E-state index in [0.29, 0.717) is 6.54 Å². The Hall–Kier alpha value is -0.890. The van der Waals surface area contributed by atoms with Gasteiger partial charge < -0.3 is 15.5 Å². The molecule has 2 atom stereocenters. The number of nitrogens with one attached hydrogen (secondary N) is 2. The number of hydrogen-bond acceptors (Lipinski definition) is 3. The van der Waals surface area contributed by atoms with Gasteiger partial charge in [0, 0.05) is 25.3 Å². The van der Waals surface area contributed by atoms with Crippen molar-refractivity contribution in [1.29, 1.82) is 0 Å². The topological polar surface area (TPSA) is 52.6 Å². The van der Waals surface area contributed by atoms with Crippen molar-refractivity contribution in [1.82, 2.24) is 20.5 Å². The van der Waals surface area contributed by atoms with E-state index >= 15 is 0 Å². The Kier molecular flexibility index (Phi) is 8.97. The number of aliphatic imine (C=N–C) groups is 1. The quantitative estimate of drug-likeness (QED) is 0.416. The van der Waals surface area contributed by atoms with Crippen LogP contribution in [0.2, 0.25) is 0 Å². The molecule has 0 aliphatic heterocycles. The monoisotopic (exact) mass is 445 g/mol. The summed E-state index contributed by atoms with van der Waals surface area (Å²) in [6.07, 6.45) is 6.96. The van der Waals surface area contributed by atoms with Crippen LogP contribution >= 0.6 is 24.0 Å². The van der Waals surface area contributed by atoms with Crippen molar-refractivity contribution in [2.45, 2.75) is 44.7 Å². The van der Waals surface area contributed by atoms with Crippen molar-refractivity contribution < 1.29 is 0 Å². The molecule has 1 aromatic rings. The minimum Gasteiger partial charge on any atom is -0.355 e. The molecule has 136 valence electrons. The molecule has 2 unspecified atom stereocenters. The second-order valence-electron chi connectivity index (χ2n) is 6.92. The Balaban J connectivity index is 0.00000288. The highest BCUT2D eigenvalue weighted by atomic mass is 127. The van der Waals surface area contributed by atoms with Crippen LogP contribution < -0.4 is 10.6 Å². The molecule has 1 aliphatic carbocycles. The first-order valence-corrected chi connectivity index (χ1v) is 8.57. The van der Waals surface area contributed by atoms with Crippen LogP contribution in [0.4, 0.5) is 0 Å². The van der Waals surface area contributed by atoms with Gasteiger partial charge in [0.05, 0.1) is 12.2 Å². The largest absolute Gasteiger partial charge is 0.355 e. The molecular formula is C18H32IN5. The number of halogens is 1. The van der Waals surface area contributed by atoms with E-state index in [1.54, 1.807) is 0 Å². The van der Waals surface area contributed by atoms with Gasteiger partial charge in [0.25, 0.3) is 0 Å². The highest BCUT2D eigenvalue weighted by molar-refractivity contribution is 14.0. The first-order chi connectivity index (χ1) is 11.1. The summed E-state index contributed by atoms with van der Waals surface area (Å²) in [5.41, 5.74) is 1.24. The van der Waals surface area contributed by atoms with Crippen LogP contribution in [0.25, 0.3) is 0 Å². The number of likely N-dealkylation sites (N-methyl/N-ethyl adjacent to an activating group) is 1. The predicted octanol–water partition coefficient (Wildman–Crippen LogP) is 2.88. The standard InChI is InChI=1S/C18H31N5.HI/c1-15-8-7-10-18(12-15,23(3)4)14-22-17(19-2)21-13-16-9-5-6-11-20-16;/h5-6,9,11,15H,7-8,10,12-14H2,1-4H3,(H2,19,21,22);1H. The van der Waals surface area contributed by atoms with Gasteiger partial charge in [-0.1, -0.05) is 25.8 Å². The van der Waals surface area contributed by atoms with Crippen molar-refractivity contribution in [2.75, 3.05) is 27.7 Å². The van der Waals surface area contributed by atoms with Gasteiger partial charge in [-0.05, 0) is 45.0 Å². The van der Waals surface area contributed by atoms with Crippen molar-refractivity contribution in [3.8, 4) is 0 Å². The normalized spacial score (nSPS) is 24.4. The highest BCUT2D eigenvalue weighted by Crippen LogP contribution is 2.35. The lowest BCUT2D eigenvalue weighted by molar-refractivity contribution is 0.0795. The van der Waals surface area contributed by atoms with E-state index < -0.39 is 0 Å². The fourth-order valence-corrected chi connectivity index (χ4v) is 3.50. The van der Waals surface area contributed by atoms with E-state index in [4.69, 9.17) is 0 Å². The fraction of sp³-hybridized carbons (Fsp3) is 0.667. The summed E-state index contributed by atoms with van der Waals surface area (Å²) in [5, 5.41) is 6.87. The maximum absolute atomic E-state index is 4.35. The number of aromatic nitrogens is 1. The molecule has 1 fully saturated rings. The zero-order chi connectivity index (χ0) is 16.7. The Morgan fingerprint density at radius 2 is 2.17 bits per heavy atom. The van der Waals surface area contributed by atoms with Gasteiger partial charge in [-0.2, -0.15) is 0 Å². The maximum Gasteiger partial charge on any atom is 0.191 e. The summed E-state index contributed by atoms with van der Waals surface area (Å²) < 4.78 is 0. The molecule has 6 heteroatoms. The van der Waals surface area contributed by atoms with Crippen LogP contribution in [-0.4, -0.2) is 49.1 Å². The SMILES string of the molecule is CN=C(NCc1ccccn1)NCC1(N(C)C)CCCC(C)C1.I. The molecule has 1 heterocycles. The summed E-state index contributed by atoms with van der Waals surface area (Å²) in [7, 11) is 6.22. The van der Waals surface area contributed by atoms with Gasteiger partial charge in [0.1, 0.15) is 0 Å². The van der Waals surface area contributed by atoms with Crippen LogP contribution in [0, 0.1) is 5.92 Å². The zero-order valence-corrected chi connectivity index (χ0v) is 17.7. The lowest BCUT2D eigenvalue weighted by atomic mass is 9.75. The fourth-order valence-electron chi connectivity index (χ4n) is 3.50. The van der Waals surface area contributed by atoms with Crippen molar-refractivity contribution in [3.05, 3.63) is 30.1 Å². The molecule has 1 aromatic heterocycles. The number of hydrogen-bond donors (Lipinski definition) is 2. The summed E-state index contributed by atoms with van der Waals surface area (Å²) in [6.45, 7) is 3.98. The van der Waals surface area contributed by atoms with Gasteiger partial charge in [-0.3, -0.25) is 9.98 Å². The first-order valence-electron chi connectivity index (χ1n) is 8.57. The molecule has 5 nitrogen and oxygen atoms in total. The smallest absolute Gasteiger partial charge is 0.191 e. The molecule has 1 saturated carbocycles. The predicted molar refractivity (Wildman–Crippen MR) is 112 cm³/mol. The maximum atomic E-state index is 4.35. The third-order valence-electron chi connectivity index (χ3n) is 4.99. The molecule has 1 aliphatic rings. The second kappa shape index (κ2) is 10.2. The Morgan fingerprint density at radius 3 is 2.75 bits per heavy atom. The van der Waals surface area contributed by atoms with Crippen molar-refractivity contribution in [2.24, 2.45) is 10.9 Å². The molecular weight excluding hydrogens is 413 g/mol. The number of pyridine rings is 1. The molecule has 2 rings (SSSR count). The lowest BCUT2D eigenvalue weighted by Crippen LogP contribution is -2.56. The number of nitrogens with zero attached hydrogens (tertiary/aromatic N) is 3. The van der Waals surface area contributed by atoms with E-state index in [1.165, 1.54) is 25.7 Å². The number of guanidine groups is 1. The molecule has 2 N–H and O–H groups in total. The lowest BCUT2D eigenvalue weighted by Gasteiger charge is -2.45. The summed E-state index contributed by atoms with van der Waals surface area (Å²) >= 11 is 0. The molecule has 0 bridgehead atoms. The Labute approximate surface area is 163 Å². The molecule has 0 saturated heterocycles. The van der Waals surface area contributed by atoms with Gasteiger partial charge >= 0.3 is 0 Å². The van der Waals surface area contributed by atoms with Crippen molar-refractivity contribution >= 4 is 29.9 Å². The third-order valence-corrected chi connectivity index (χ3v) is 4.99. The van der Waals surface area contributed by atoms with Crippen LogP contribution in [0.5, 0.6) is 0 Å². The first kappa shape index (κ1) is 21.2. The van der Waals surface area contributed by atoms with Crippen LogP contribution in [0.1, 0.15) is 38.3 Å². The minimum absolute atomic E-state index is 0. The highest BCUT2D eigenvalue weighted by Gasteiger charge is 2.36. The second-order valence-corrected chi connectivity index (χ2v) is 6.92. The van der Waals surface area contributed by atoms with E-state index in [-0.39, 0.29) is 29.5 Å². The van der Waals surface area contributed by atoms with Gasteiger partial charge in [0.15, 0.2) is 5.96 Å².